The van der Waals surface area contributed by atoms with Crippen LogP contribution in [-0.2, 0) is 14.4 Å². The third kappa shape index (κ3) is 3.18. The highest BCUT2D eigenvalue weighted by atomic mass is 35.5. The van der Waals surface area contributed by atoms with Gasteiger partial charge in [-0.05, 0) is 47.8 Å². The molecule has 2 saturated heterocycles. The SMILES string of the molecule is O=C1[C@@H]2[C@@H](c3cccs3)N(c3ccc(Cl)cc3)O[C@H]2C(=O)N1c1ccc([N+](=O)[O-])cc1. The number of imide groups is 1. The van der Waals surface area contributed by atoms with Gasteiger partial charge in [0.2, 0.25) is 5.91 Å². The number of non-ortho nitro benzene ring substituents is 1. The van der Waals surface area contributed by atoms with Gasteiger partial charge in [-0.25, -0.2) is 9.96 Å². The molecule has 1 aromatic heterocycles. The van der Waals surface area contributed by atoms with E-state index in [0.29, 0.717) is 10.7 Å². The Labute approximate surface area is 185 Å². The van der Waals surface area contributed by atoms with Gasteiger partial charge in [0.25, 0.3) is 11.6 Å². The number of benzene rings is 2. The van der Waals surface area contributed by atoms with E-state index < -0.39 is 34.8 Å². The molecule has 0 unspecified atom stereocenters. The number of hydroxylamine groups is 1. The standard InChI is InChI=1S/C21H14ClN3O5S/c22-12-3-5-14(6-4-12)24-18(16-2-1-11-31-16)17-19(30-24)21(27)23(20(17)26)13-7-9-15(10-8-13)25(28)29/h1-11,17-19H/t17-,18-,19-/m1/s1. The van der Waals surface area contributed by atoms with E-state index in [4.69, 9.17) is 16.4 Å². The van der Waals surface area contributed by atoms with Crippen molar-refractivity contribution in [2.75, 3.05) is 9.96 Å². The average molecular weight is 456 g/mol. The minimum atomic E-state index is -0.995. The van der Waals surface area contributed by atoms with E-state index in [1.165, 1.54) is 35.6 Å². The van der Waals surface area contributed by atoms with Gasteiger partial charge in [-0.3, -0.25) is 24.5 Å². The van der Waals surface area contributed by atoms with E-state index in [9.17, 15) is 19.7 Å². The largest absolute Gasteiger partial charge is 0.273 e. The highest BCUT2D eigenvalue weighted by Crippen LogP contribution is 2.48. The molecule has 0 radical (unpaired) electrons. The van der Waals surface area contributed by atoms with Crippen molar-refractivity contribution >= 4 is 51.8 Å². The van der Waals surface area contributed by atoms with Crippen molar-refractivity contribution in [1.29, 1.82) is 0 Å². The molecule has 2 aliphatic heterocycles. The molecule has 5 rings (SSSR count). The molecule has 0 aliphatic carbocycles. The van der Waals surface area contributed by atoms with Crippen molar-refractivity contribution in [3.05, 3.63) is 86.1 Å². The van der Waals surface area contributed by atoms with Crippen LogP contribution in [0.25, 0.3) is 0 Å². The lowest BCUT2D eigenvalue weighted by Gasteiger charge is -2.27. The van der Waals surface area contributed by atoms with Crippen LogP contribution in [-0.4, -0.2) is 22.8 Å². The number of anilines is 2. The number of nitro groups is 1. The minimum absolute atomic E-state index is 0.121. The molecule has 3 atom stereocenters. The van der Waals surface area contributed by atoms with E-state index in [1.54, 1.807) is 29.3 Å². The van der Waals surface area contributed by atoms with Gasteiger partial charge in [-0.15, -0.1) is 11.3 Å². The topological polar surface area (TPSA) is 93.0 Å². The number of fused-ring (bicyclic) bond motifs is 1. The molecule has 31 heavy (non-hydrogen) atoms. The van der Waals surface area contributed by atoms with Crippen LogP contribution >= 0.6 is 22.9 Å². The highest BCUT2D eigenvalue weighted by Gasteiger charge is 2.60. The van der Waals surface area contributed by atoms with Crippen LogP contribution in [0.2, 0.25) is 5.02 Å². The van der Waals surface area contributed by atoms with E-state index in [-0.39, 0.29) is 11.4 Å². The van der Waals surface area contributed by atoms with Gasteiger partial charge in [0, 0.05) is 22.0 Å². The van der Waals surface area contributed by atoms with Gasteiger partial charge in [0.1, 0.15) is 12.0 Å². The van der Waals surface area contributed by atoms with Crippen LogP contribution in [0.3, 0.4) is 0 Å². The Bertz CT molecular complexity index is 1170. The Kier molecular flexibility index (Phi) is 4.73. The van der Waals surface area contributed by atoms with Crippen LogP contribution in [0.1, 0.15) is 10.9 Å². The number of thiophene rings is 1. The van der Waals surface area contributed by atoms with Gasteiger partial charge in [-0.2, -0.15) is 0 Å². The van der Waals surface area contributed by atoms with E-state index >= 15 is 0 Å². The fourth-order valence-electron chi connectivity index (χ4n) is 3.95. The first-order valence-electron chi connectivity index (χ1n) is 9.33. The number of hydrogen-bond acceptors (Lipinski definition) is 7. The first-order chi connectivity index (χ1) is 15.0. The summed E-state index contributed by atoms with van der Waals surface area (Å²) in [7, 11) is 0. The van der Waals surface area contributed by atoms with Crippen molar-refractivity contribution in [3.8, 4) is 0 Å². The van der Waals surface area contributed by atoms with Crippen LogP contribution < -0.4 is 9.96 Å². The number of carbonyl (C=O) groups excluding carboxylic acids is 2. The van der Waals surface area contributed by atoms with Crippen LogP contribution in [0.15, 0.2) is 66.0 Å². The first kappa shape index (κ1) is 19.7. The van der Waals surface area contributed by atoms with Gasteiger partial charge in [0.05, 0.1) is 16.3 Å². The summed E-state index contributed by atoms with van der Waals surface area (Å²) in [5, 5.41) is 15.0. The molecule has 0 spiro atoms. The molecule has 2 aromatic carbocycles. The summed E-state index contributed by atoms with van der Waals surface area (Å²) in [5.41, 5.74) is 0.839. The molecule has 156 valence electrons. The Hall–Kier alpha value is -3.27. The average Bonchev–Trinajstić information content (AvgIpc) is 3.46. The number of nitro benzene ring substituents is 1. The molecule has 3 aromatic rings. The number of amides is 2. The summed E-state index contributed by atoms with van der Waals surface area (Å²) in [4.78, 5) is 44.9. The van der Waals surface area contributed by atoms with Gasteiger partial charge in [-0.1, -0.05) is 17.7 Å². The fourth-order valence-corrected chi connectivity index (χ4v) is 4.93. The smallest absolute Gasteiger partial charge is 0.269 e. The van der Waals surface area contributed by atoms with E-state index in [0.717, 1.165) is 9.78 Å². The van der Waals surface area contributed by atoms with Crippen LogP contribution in [0, 0.1) is 16.0 Å². The molecule has 0 saturated carbocycles. The molecule has 2 aliphatic rings. The lowest BCUT2D eigenvalue weighted by atomic mass is 9.95. The molecule has 0 N–H and O–H groups in total. The van der Waals surface area contributed by atoms with Crippen molar-refractivity contribution in [2.24, 2.45) is 5.92 Å². The molecule has 2 amide bonds. The molecule has 3 heterocycles. The Morgan fingerprint density at radius 3 is 2.26 bits per heavy atom. The number of rotatable bonds is 4. The monoisotopic (exact) mass is 455 g/mol. The maximum absolute atomic E-state index is 13.4. The predicted molar refractivity (Wildman–Crippen MR) is 115 cm³/mol. The third-order valence-corrected chi connectivity index (χ3v) is 6.54. The first-order valence-corrected chi connectivity index (χ1v) is 10.6. The number of hydrogen-bond donors (Lipinski definition) is 0. The van der Waals surface area contributed by atoms with Crippen molar-refractivity contribution in [2.45, 2.75) is 12.1 Å². The van der Waals surface area contributed by atoms with Crippen molar-refractivity contribution in [1.82, 2.24) is 0 Å². The summed E-state index contributed by atoms with van der Waals surface area (Å²) in [6.07, 6.45) is -0.995. The zero-order valence-electron chi connectivity index (χ0n) is 15.8. The normalized spacial score (nSPS) is 22.8. The molecule has 8 nitrogen and oxygen atoms in total. The summed E-state index contributed by atoms with van der Waals surface area (Å²) in [5.74, 6) is -1.65. The molecular weight excluding hydrogens is 442 g/mol. The fraction of sp³-hybridized carbons (Fsp3) is 0.143. The van der Waals surface area contributed by atoms with Gasteiger partial charge < -0.3 is 0 Å². The predicted octanol–water partition coefficient (Wildman–Crippen LogP) is 4.36. The van der Waals surface area contributed by atoms with E-state index in [2.05, 4.69) is 0 Å². The zero-order valence-corrected chi connectivity index (χ0v) is 17.3. The highest BCUT2D eigenvalue weighted by molar-refractivity contribution is 7.10. The Balaban J connectivity index is 1.52. The third-order valence-electron chi connectivity index (χ3n) is 5.35. The Morgan fingerprint density at radius 1 is 0.968 bits per heavy atom. The quantitative estimate of drug-likeness (QED) is 0.329. The van der Waals surface area contributed by atoms with Crippen LogP contribution in [0.5, 0.6) is 0 Å². The lowest BCUT2D eigenvalue weighted by Crippen LogP contribution is -2.37. The molecule has 2 fully saturated rings. The summed E-state index contributed by atoms with van der Waals surface area (Å²) >= 11 is 7.47. The lowest BCUT2D eigenvalue weighted by molar-refractivity contribution is -0.384. The Morgan fingerprint density at radius 2 is 1.65 bits per heavy atom. The summed E-state index contributed by atoms with van der Waals surface area (Å²) in [6, 6.07) is 15.6. The van der Waals surface area contributed by atoms with Crippen LogP contribution in [0.4, 0.5) is 17.1 Å². The van der Waals surface area contributed by atoms with Gasteiger partial charge >= 0.3 is 0 Å². The summed E-state index contributed by atoms with van der Waals surface area (Å²) < 4.78 is 0. The number of carbonyl (C=O) groups is 2. The molecule has 0 bridgehead atoms. The zero-order chi connectivity index (χ0) is 21.7. The number of halogens is 1. The van der Waals surface area contributed by atoms with E-state index in [1.807, 2.05) is 17.5 Å². The maximum Gasteiger partial charge on any atom is 0.269 e. The maximum atomic E-state index is 13.4. The van der Waals surface area contributed by atoms with Crippen molar-refractivity contribution < 1.29 is 19.3 Å². The minimum Gasteiger partial charge on any atom is -0.273 e. The number of nitrogens with zero attached hydrogens (tertiary/aromatic N) is 3. The molecular formula is C21H14ClN3O5S. The summed E-state index contributed by atoms with van der Waals surface area (Å²) in [6.45, 7) is 0. The van der Waals surface area contributed by atoms with Crippen molar-refractivity contribution in [3.63, 3.8) is 0 Å². The second-order valence-electron chi connectivity index (χ2n) is 7.10. The molecule has 10 heteroatoms. The second-order valence-corrected chi connectivity index (χ2v) is 8.52. The van der Waals surface area contributed by atoms with Gasteiger partial charge in [0.15, 0.2) is 6.10 Å². The second kappa shape index (κ2) is 7.45.